The molecule has 0 aliphatic carbocycles. The first kappa shape index (κ1) is 16.2. The van der Waals surface area contributed by atoms with Crippen LogP contribution in [0.25, 0.3) is 0 Å². The average molecular weight is 324 g/mol. The van der Waals surface area contributed by atoms with Gasteiger partial charge in [0, 0.05) is 21.7 Å². The number of benzene rings is 2. The fourth-order valence-corrected chi connectivity index (χ4v) is 2.89. The highest BCUT2D eigenvalue weighted by molar-refractivity contribution is 6.35. The minimum atomic E-state index is 0.143. The molecular weight excluding hydrogens is 305 g/mol. The fraction of sp³-hybridized carbons (Fsp3) is 0.294. The standard InChI is InChI=1S/C17H19Cl2NO/c1-3-20-16(14-6-4-5-7-17(14)21-2)10-12-8-9-13(18)11-15(12)19/h4-9,11,16,20H,3,10H2,1-2H3. The Labute approximate surface area is 136 Å². The smallest absolute Gasteiger partial charge is 0.123 e. The molecule has 0 saturated heterocycles. The third-order valence-electron chi connectivity index (χ3n) is 3.40. The van der Waals surface area contributed by atoms with Crippen LogP contribution in [-0.2, 0) is 6.42 Å². The van der Waals surface area contributed by atoms with Gasteiger partial charge in [-0.05, 0) is 36.7 Å². The first-order valence-corrected chi connectivity index (χ1v) is 7.71. The summed E-state index contributed by atoms with van der Waals surface area (Å²) < 4.78 is 5.47. The molecule has 4 heteroatoms. The summed E-state index contributed by atoms with van der Waals surface area (Å²) in [5.74, 6) is 0.883. The van der Waals surface area contributed by atoms with E-state index in [0.717, 1.165) is 29.8 Å². The summed E-state index contributed by atoms with van der Waals surface area (Å²) in [5.41, 5.74) is 2.20. The normalized spacial score (nSPS) is 12.2. The second kappa shape index (κ2) is 7.69. The highest BCUT2D eigenvalue weighted by atomic mass is 35.5. The van der Waals surface area contributed by atoms with Crippen molar-refractivity contribution < 1.29 is 4.74 Å². The molecule has 0 amide bonds. The highest BCUT2D eigenvalue weighted by Gasteiger charge is 2.16. The maximum atomic E-state index is 6.29. The van der Waals surface area contributed by atoms with Gasteiger partial charge in [-0.15, -0.1) is 0 Å². The molecule has 2 aromatic carbocycles. The van der Waals surface area contributed by atoms with Gasteiger partial charge in [-0.2, -0.15) is 0 Å². The van der Waals surface area contributed by atoms with Gasteiger partial charge in [0.1, 0.15) is 5.75 Å². The van der Waals surface area contributed by atoms with Crippen molar-refractivity contribution in [1.82, 2.24) is 5.32 Å². The first-order valence-electron chi connectivity index (χ1n) is 6.96. The van der Waals surface area contributed by atoms with E-state index in [0.29, 0.717) is 10.0 Å². The van der Waals surface area contributed by atoms with Crippen molar-refractivity contribution in [2.45, 2.75) is 19.4 Å². The number of ether oxygens (including phenoxy) is 1. The lowest BCUT2D eigenvalue weighted by atomic mass is 9.98. The average Bonchev–Trinajstić information content (AvgIpc) is 2.49. The van der Waals surface area contributed by atoms with E-state index >= 15 is 0 Å². The van der Waals surface area contributed by atoms with Crippen LogP contribution in [0.1, 0.15) is 24.1 Å². The van der Waals surface area contributed by atoms with Crippen LogP contribution in [0.2, 0.25) is 10.0 Å². The number of para-hydroxylation sites is 1. The number of hydrogen-bond acceptors (Lipinski definition) is 2. The summed E-state index contributed by atoms with van der Waals surface area (Å²) in [6.07, 6.45) is 0.782. The molecule has 1 atom stereocenters. The maximum Gasteiger partial charge on any atom is 0.123 e. The van der Waals surface area contributed by atoms with Gasteiger partial charge < -0.3 is 10.1 Å². The van der Waals surface area contributed by atoms with Gasteiger partial charge in [0.25, 0.3) is 0 Å². The van der Waals surface area contributed by atoms with Crippen LogP contribution in [0.3, 0.4) is 0 Å². The molecule has 1 unspecified atom stereocenters. The molecule has 0 radical (unpaired) electrons. The molecule has 0 aromatic heterocycles. The summed E-state index contributed by atoms with van der Waals surface area (Å²) in [6, 6.07) is 13.8. The maximum absolute atomic E-state index is 6.29. The Bertz CT molecular complexity index is 601. The Kier molecular flexibility index (Phi) is 5.92. The number of halogens is 2. The molecular formula is C17H19Cl2NO. The van der Waals surface area contributed by atoms with Gasteiger partial charge in [0.05, 0.1) is 7.11 Å². The highest BCUT2D eigenvalue weighted by Crippen LogP contribution is 2.30. The molecule has 0 aliphatic heterocycles. The molecule has 112 valence electrons. The third-order valence-corrected chi connectivity index (χ3v) is 3.99. The van der Waals surface area contributed by atoms with Crippen LogP contribution in [-0.4, -0.2) is 13.7 Å². The van der Waals surface area contributed by atoms with E-state index in [1.165, 1.54) is 0 Å². The van der Waals surface area contributed by atoms with Crippen molar-refractivity contribution in [2.75, 3.05) is 13.7 Å². The Morgan fingerprint density at radius 2 is 1.90 bits per heavy atom. The van der Waals surface area contributed by atoms with Crippen molar-refractivity contribution in [3.8, 4) is 5.75 Å². The topological polar surface area (TPSA) is 21.3 Å². The van der Waals surface area contributed by atoms with Crippen LogP contribution in [0.15, 0.2) is 42.5 Å². The fourth-order valence-electron chi connectivity index (χ4n) is 2.40. The SMILES string of the molecule is CCNC(Cc1ccc(Cl)cc1Cl)c1ccccc1OC. The monoisotopic (exact) mass is 323 g/mol. The molecule has 0 bridgehead atoms. The molecule has 0 fully saturated rings. The van der Waals surface area contributed by atoms with E-state index in [1.807, 2.05) is 30.3 Å². The lowest BCUT2D eigenvalue weighted by Gasteiger charge is -2.21. The van der Waals surface area contributed by atoms with Crippen molar-refractivity contribution in [1.29, 1.82) is 0 Å². The number of rotatable bonds is 6. The van der Waals surface area contributed by atoms with Crippen LogP contribution in [0, 0.1) is 0 Å². The largest absolute Gasteiger partial charge is 0.496 e. The second-order valence-electron chi connectivity index (χ2n) is 4.79. The number of nitrogens with one attached hydrogen (secondary N) is 1. The zero-order valence-electron chi connectivity index (χ0n) is 12.2. The van der Waals surface area contributed by atoms with Crippen molar-refractivity contribution in [3.05, 3.63) is 63.6 Å². The van der Waals surface area contributed by atoms with E-state index in [2.05, 4.69) is 18.3 Å². The molecule has 2 rings (SSSR count). The van der Waals surface area contributed by atoms with Crippen LogP contribution < -0.4 is 10.1 Å². The Hall–Kier alpha value is -1.22. The number of hydrogen-bond donors (Lipinski definition) is 1. The van der Waals surface area contributed by atoms with E-state index in [1.54, 1.807) is 13.2 Å². The van der Waals surface area contributed by atoms with Gasteiger partial charge in [0.15, 0.2) is 0 Å². The van der Waals surface area contributed by atoms with E-state index in [9.17, 15) is 0 Å². The summed E-state index contributed by atoms with van der Waals surface area (Å²) in [6.45, 7) is 2.96. The first-order chi connectivity index (χ1) is 10.2. The summed E-state index contributed by atoms with van der Waals surface area (Å²) in [4.78, 5) is 0. The number of likely N-dealkylation sites (N-methyl/N-ethyl adjacent to an activating group) is 1. The summed E-state index contributed by atoms with van der Waals surface area (Å²) in [7, 11) is 1.69. The van der Waals surface area contributed by atoms with Crippen molar-refractivity contribution >= 4 is 23.2 Å². The minimum absolute atomic E-state index is 0.143. The van der Waals surface area contributed by atoms with E-state index < -0.39 is 0 Å². The molecule has 2 aromatic rings. The van der Waals surface area contributed by atoms with Crippen LogP contribution in [0.4, 0.5) is 0 Å². The Morgan fingerprint density at radius 3 is 2.57 bits per heavy atom. The van der Waals surface area contributed by atoms with E-state index in [-0.39, 0.29) is 6.04 Å². The van der Waals surface area contributed by atoms with Crippen molar-refractivity contribution in [2.24, 2.45) is 0 Å². The van der Waals surface area contributed by atoms with Gasteiger partial charge in [-0.25, -0.2) is 0 Å². The van der Waals surface area contributed by atoms with Gasteiger partial charge in [-0.1, -0.05) is 54.4 Å². The predicted molar refractivity (Wildman–Crippen MR) is 89.6 cm³/mol. The summed E-state index contributed by atoms with van der Waals surface area (Å²) in [5, 5.41) is 4.84. The van der Waals surface area contributed by atoms with Gasteiger partial charge in [-0.3, -0.25) is 0 Å². The zero-order chi connectivity index (χ0) is 15.2. The van der Waals surface area contributed by atoms with Crippen LogP contribution >= 0.6 is 23.2 Å². The molecule has 2 nitrogen and oxygen atoms in total. The molecule has 21 heavy (non-hydrogen) atoms. The van der Waals surface area contributed by atoms with Gasteiger partial charge in [0.2, 0.25) is 0 Å². The lowest BCUT2D eigenvalue weighted by Crippen LogP contribution is -2.23. The third kappa shape index (κ3) is 4.13. The lowest BCUT2D eigenvalue weighted by molar-refractivity contribution is 0.399. The predicted octanol–water partition coefficient (Wildman–Crippen LogP) is 4.90. The van der Waals surface area contributed by atoms with E-state index in [4.69, 9.17) is 27.9 Å². The quantitative estimate of drug-likeness (QED) is 0.816. The van der Waals surface area contributed by atoms with Crippen LogP contribution in [0.5, 0.6) is 5.75 Å². The van der Waals surface area contributed by atoms with Gasteiger partial charge >= 0.3 is 0 Å². The zero-order valence-corrected chi connectivity index (χ0v) is 13.7. The summed E-state index contributed by atoms with van der Waals surface area (Å²) >= 11 is 12.3. The Balaban J connectivity index is 2.30. The molecule has 1 N–H and O–H groups in total. The minimum Gasteiger partial charge on any atom is -0.496 e. The molecule has 0 aliphatic rings. The molecule has 0 saturated carbocycles. The molecule has 0 spiro atoms. The molecule has 0 heterocycles. The van der Waals surface area contributed by atoms with Crippen molar-refractivity contribution in [3.63, 3.8) is 0 Å². The second-order valence-corrected chi connectivity index (χ2v) is 5.64. The number of methoxy groups -OCH3 is 1. The Morgan fingerprint density at radius 1 is 1.14 bits per heavy atom.